The van der Waals surface area contributed by atoms with Gasteiger partial charge in [0.05, 0.1) is 0 Å². The highest BCUT2D eigenvalue weighted by Crippen LogP contribution is 2.25. The molecule has 0 aliphatic carbocycles. The predicted octanol–water partition coefficient (Wildman–Crippen LogP) is 3.38. The van der Waals surface area contributed by atoms with E-state index in [1.54, 1.807) is 6.20 Å². The molecular formula is C16H21N3O. The molecule has 20 heavy (non-hydrogen) atoms. The molecule has 0 fully saturated rings. The Bertz CT molecular complexity index is 582. The lowest BCUT2D eigenvalue weighted by molar-refractivity contribution is 0.303. The summed E-state index contributed by atoms with van der Waals surface area (Å²) in [6.45, 7) is 6.91. The van der Waals surface area contributed by atoms with E-state index in [4.69, 9.17) is 10.6 Å². The number of ether oxygens (including phenoxy) is 1. The SMILES string of the molecule is Cc1ccc(C(C)C)cc1OCc1ccnc(NN)c1. The molecule has 1 aromatic carbocycles. The van der Waals surface area contributed by atoms with Gasteiger partial charge in [-0.1, -0.05) is 26.0 Å². The van der Waals surface area contributed by atoms with Crippen molar-refractivity contribution in [2.24, 2.45) is 5.84 Å². The van der Waals surface area contributed by atoms with E-state index >= 15 is 0 Å². The number of nitrogens with one attached hydrogen (secondary N) is 1. The summed E-state index contributed by atoms with van der Waals surface area (Å²) in [5.74, 6) is 7.41. The molecule has 0 aliphatic rings. The number of aromatic nitrogens is 1. The second-order valence-corrected chi connectivity index (χ2v) is 5.16. The zero-order valence-corrected chi connectivity index (χ0v) is 12.2. The molecule has 4 heteroatoms. The number of nitrogens with zero attached hydrogens (tertiary/aromatic N) is 1. The lowest BCUT2D eigenvalue weighted by Gasteiger charge is -2.13. The lowest BCUT2D eigenvalue weighted by atomic mass is 10.0. The Balaban J connectivity index is 2.11. The second-order valence-electron chi connectivity index (χ2n) is 5.16. The van der Waals surface area contributed by atoms with Crippen LogP contribution in [0.3, 0.4) is 0 Å². The van der Waals surface area contributed by atoms with Gasteiger partial charge in [-0.3, -0.25) is 0 Å². The molecule has 0 bridgehead atoms. The number of nitrogens with two attached hydrogens (primary N) is 1. The Kier molecular flexibility index (Phi) is 4.58. The normalized spacial score (nSPS) is 10.7. The smallest absolute Gasteiger partial charge is 0.140 e. The first-order valence-corrected chi connectivity index (χ1v) is 6.75. The number of aryl methyl sites for hydroxylation is 1. The van der Waals surface area contributed by atoms with Crippen LogP contribution < -0.4 is 16.0 Å². The molecule has 2 rings (SSSR count). The van der Waals surface area contributed by atoms with Gasteiger partial charge < -0.3 is 10.2 Å². The van der Waals surface area contributed by atoms with E-state index in [9.17, 15) is 0 Å². The fourth-order valence-corrected chi connectivity index (χ4v) is 1.94. The first-order valence-electron chi connectivity index (χ1n) is 6.75. The quantitative estimate of drug-likeness (QED) is 0.646. The van der Waals surface area contributed by atoms with Gasteiger partial charge in [0.1, 0.15) is 18.2 Å². The maximum atomic E-state index is 5.92. The molecule has 3 N–H and O–H groups in total. The number of nitrogen functional groups attached to an aromatic ring is 1. The number of anilines is 1. The highest BCUT2D eigenvalue weighted by molar-refractivity contribution is 5.39. The van der Waals surface area contributed by atoms with Gasteiger partial charge in [-0.2, -0.15) is 0 Å². The molecule has 0 spiro atoms. The van der Waals surface area contributed by atoms with E-state index in [-0.39, 0.29) is 0 Å². The van der Waals surface area contributed by atoms with Gasteiger partial charge in [0.25, 0.3) is 0 Å². The Morgan fingerprint density at radius 3 is 2.75 bits per heavy atom. The van der Waals surface area contributed by atoms with Gasteiger partial charge in [-0.15, -0.1) is 0 Å². The first-order chi connectivity index (χ1) is 9.60. The average Bonchev–Trinajstić information content (AvgIpc) is 2.46. The first kappa shape index (κ1) is 14.3. The maximum absolute atomic E-state index is 5.92. The van der Waals surface area contributed by atoms with Crippen molar-refractivity contribution in [2.75, 3.05) is 5.43 Å². The van der Waals surface area contributed by atoms with Crippen molar-refractivity contribution in [1.29, 1.82) is 0 Å². The molecule has 0 saturated carbocycles. The average molecular weight is 271 g/mol. The Labute approximate surface area is 120 Å². The fraction of sp³-hybridized carbons (Fsp3) is 0.312. The minimum absolute atomic E-state index is 0.493. The van der Waals surface area contributed by atoms with Crippen molar-refractivity contribution >= 4 is 5.82 Å². The van der Waals surface area contributed by atoms with E-state index < -0.39 is 0 Å². The number of hydrazine groups is 1. The van der Waals surface area contributed by atoms with Crippen molar-refractivity contribution in [1.82, 2.24) is 4.98 Å². The second kappa shape index (κ2) is 6.39. The number of hydrogen-bond donors (Lipinski definition) is 2. The van der Waals surface area contributed by atoms with Crippen LogP contribution in [0.25, 0.3) is 0 Å². The highest BCUT2D eigenvalue weighted by atomic mass is 16.5. The highest BCUT2D eigenvalue weighted by Gasteiger charge is 2.05. The van der Waals surface area contributed by atoms with Crippen LogP contribution in [0.2, 0.25) is 0 Å². The van der Waals surface area contributed by atoms with Crippen molar-refractivity contribution in [3.05, 3.63) is 53.2 Å². The van der Waals surface area contributed by atoms with Crippen LogP contribution in [0.5, 0.6) is 5.75 Å². The van der Waals surface area contributed by atoms with Crippen molar-refractivity contribution < 1.29 is 4.74 Å². The Morgan fingerprint density at radius 1 is 1.25 bits per heavy atom. The molecule has 0 atom stereocenters. The van der Waals surface area contributed by atoms with Crippen LogP contribution >= 0.6 is 0 Å². The van der Waals surface area contributed by atoms with Gasteiger partial charge >= 0.3 is 0 Å². The monoisotopic (exact) mass is 271 g/mol. The zero-order valence-electron chi connectivity index (χ0n) is 12.2. The third kappa shape index (κ3) is 3.48. The standard InChI is InChI=1S/C16H21N3O/c1-11(2)14-5-4-12(3)15(9-14)20-10-13-6-7-18-16(8-13)19-17/h4-9,11H,10,17H2,1-3H3,(H,18,19). The van der Waals surface area contributed by atoms with Gasteiger partial charge in [-0.05, 0) is 47.7 Å². The van der Waals surface area contributed by atoms with Gasteiger partial charge in [0.15, 0.2) is 0 Å². The largest absolute Gasteiger partial charge is 0.489 e. The van der Waals surface area contributed by atoms with Crippen LogP contribution in [0.15, 0.2) is 36.5 Å². The van der Waals surface area contributed by atoms with Crippen LogP contribution in [0.1, 0.15) is 36.5 Å². The topological polar surface area (TPSA) is 60.2 Å². The van der Waals surface area contributed by atoms with Crippen LogP contribution in [0.4, 0.5) is 5.82 Å². The van der Waals surface area contributed by atoms with Gasteiger partial charge in [0, 0.05) is 6.20 Å². The summed E-state index contributed by atoms with van der Waals surface area (Å²) in [5.41, 5.74) is 5.99. The molecule has 0 aliphatic heterocycles. The Hall–Kier alpha value is -2.07. The van der Waals surface area contributed by atoms with Crippen LogP contribution in [-0.4, -0.2) is 4.98 Å². The molecule has 0 unspecified atom stereocenters. The summed E-state index contributed by atoms with van der Waals surface area (Å²) in [7, 11) is 0. The summed E-state index contributed by atoms with van der Waals surface area (Å²) in [6.07, 6.45) is 1.71. The molecule has 106 valence electrons. The number of pyridine rings is 1. The summed E-state index contributed by atoms with van der Waals surface area (Å²) >= 11 is 0. The summed E-state index contributed by atoms with van der Waals surface area (Å²) in [4.78, 5) is 4.08. The summed E-state index contributed by atoms with van der Waals surface area (Å²) in [6, 6.07) is 10.2. The number of benzene rings is 1. The molecule has 4 nitrogen and oxygen atoms in total. The molecular weight excluding hydrogens is 250 g/mol. The third-order valence-electron chi connectivity index (χ3n) is 3.25. The number of rotatable bonds is 5. The van der Waals surface area contributed by atoms with Gasteiger partial charge in [-0.25, -0.2) is 10.8 Å². The van der Waals surface area contributed by atoms with Crippen LogP contribution in [0, 0.1) is 6.92 Å². The summed E-state index contributed by atoms with van der Waals surface area (Å²) in [5, 5.41) is 0. The molecule has 0 amide bonds. The molecule has 2 aromatic rings. The zero-order chi connectivity index (χ0) is 14.5. The van der Waals surface area contributed by atoms with Crippen molar-refractivity contribution in [3.8, 4) is 5.75 Å². The van der Waals surface area contributed by atoms with Crippen molar-refractivity contribution in [3.63, 3.8) is 0 Å². The lowest BCUT2D eigenvalue weighted by Crippen LogP contribution is -2.09. The third-order valence-corrected chi connectivity index (χ3v) is 3.25. The molecule has 1 heterocycles. The van der Waals surface area contributed by atoms with Crippen molar-refractivity contribution in [2.45, 2.75) is 33.3 Å². The van der Waals surface area contributed by atoms with E-state index in [0.29, 0.717) is 18.3 Å². The van der Waals surface area contributed by atoms with E-state index in [0.717, 1.165) is 16.9 Å². The minimum atomic E-state index is 0.493. The van der Waals surface area contributed by atoms with E-state index in [2.05, 4.69) is 49.4 Å². The van der Waals surface area contributed by atoms with Gasteiger partial charge in [0.2, 0.25) is 0 Å². The summed E-state index contributed by atoms with van der Waals surface area (Å²) < 4.78 is 5.92. The van der Waals surface area contributed by atoms with E-state index in [1.165, 1.54) is 5.56 Å². The maximum Gasteiger partial charge on any atom is 0.140 e. The molecule has 0 radical (unpaired) electrons. The predicted molar refractivity (Wildman–Crippen MR) is 81.6 cm³/mol. The fourth-order valence-electron chi connectivity index (χ4n) is 1.94. The van der Waals surface area contributed by atoms with E-state index in [1.807, 2.05) is 12.1 Å². The number of hydrogen-bond acceptors (Lipinski definition) is 4. The minimum Gasteiger partial charge on any atom is -0.489 e. The molecule has 1 aromatic heterocycles. The Morgan fingerprint density at radius 2 is 2.05 bits per heavy atom. The van der Waals surface area contributed by atoms with Crippen LogP contribution in [-0.2, 0) is 6.61 Å². The molecule has 0 saturated heterocycles.